The molecule has 2 amide bonds. The third-order valence-electron chi connectivity index (χ3n) is 3.82. The molecule has 0 atom stereocenters. The lowest BCUT2D eigenvalue weighted by Gasteiger charge is -2.37. The maximum Gasteiger partial charge on any atom is 0.311 e. The second kappa shape index (κ2) is 5.87. The van der Waals surface area contributed by atoms with Gasteiger partial charge in [0.05, 0.1) is 26.0 Å². The van der Waals surface area contributed by atoms with E-state index < -0.39 is 17.6 Å². The van der Waals surface area contributed by atoms with E-state index in [0.29, 0.717) is 44.9 Å². The fraction of sp³-hybridized carbons (Fsp3) is 0.571. The molecule has 7 nitrogen and oxygen atoms in total. The van der Waals surface area contributed by atoms with Crippen LogP contribution in [-0.4, -0.2) is 48.8 Å². The first-order valence-electron chi connectivity index (χ1n) is 7.06. The number of rotatable bonds is 2. The number of nitrogens with zero attached hydrogens (tertiary/aromatic N) is 1. The second-order valence-corrected chi connectivity index (χ2v) is 5.16. The second-order valence-electron chi connectivity index (χ2n) is 5.16. The van der Waals surface area contributed by atoms with Crippen molar-refractivity contribution in [2.24, 2.45) is 0 Å². The Bertz CT molecular complexity index is 497. The molecule has 0 saturated carbocycles. The maximum absolute atomic E-state index is 12.1. The third kappa shape index (κ3) is 3.08. The lowest BCUT2D eigenvalue weighted by molar-refractivity contribution is -0.188. The molecule has 2 saturated heterocycles. The van der Waals surface area contributed by atoms with E-state index in [2.05, 4.69) is 5.32 Å². The van der Waals surface area contributed by atoms with Crippen LogP contribution in [0.2, 0.25) is 0 Å². The molecule has 3 heterocycles. The molecular weight excluding hydrogens is 276 g/mol. The van der Waals surface area contributed by atoms with Crippen molar-refractivity contribution in [3.63, 3.8) is 0 Å². The topological polar surface area (TPSA) is 81.0 Å². The standard InChI is InChI=1S/C14H18N2O5/c17-12(15-10-11-2-1-7-19-11)13(18)16-5-3-14(4-6-16)20-8-9-21-14/h1-2,7H,3-6,8-10H2,(H,15,17). The van der Waals surface area contributed by atoms with Gasteiger partial charge in [0, 0.05) is 25.9 Å². The molecule has 3 rings (SSSR count). The van der Waals surface area contributed by atoms with Gasteiger partial charge in [-0.1, -0.05) is 0 Å². The summed E-state index contributed by atoms with van der Waals surface area (Å²) in [6, 6.07) is 3.47. The van der Waals surface area contributed by atoms with E-state index in [1.165, 1.54) is 11.2 Å². The van der Waals surface area contributed by atoms with Crippen molar-refractivity contribution in [2.45, 2.75) is 25.2 Å². The summed E-state index contributed by atoms with van der Waals surface area (Å²) in [5, 5.41) is 2.56. The van der Waals surface area contributed by atoms with Crippen LogP contribution in [0.25, 0.3) is 0 Å². The van der Waals surface area contributed by atoms with Crippen LogP contribution in [0.3, 0.4) is 0 Å². The molecule has 0 bridgehead atoms. The van der Waals surface area contributed by atoms with Gasteiger partial charge in [-0.3, -0.25) is 9.59 Å². The minimum absolute atomic E-state index is 0.210. The number of carbonyl (C=O) groups excluding carboxylic acids is 2. The van der Waals surface area contributed by atoms with Gasteiger partial charge in [-0.25, -0.2) is 0 Å². The van der Waals surface area contributed by atoms with Crippen LogP contribution in [0.5, 0.6) is 0 Å². The minimum Gasteiger partial charge on any atom is -0.467 e. The van der Waals surface area contributed by atoms with Gasteiger partial charge in [-0.2, -0.15) is 0 Å². The summed E-state index contributed by atoms with van der Waals surface area (Å²) in [6.07, 6.45) is 2.73. The summed E-state index contributed by atoms with van der Waals surface area (Å²) in [6.45, 7) is 2.33. The fourth-order valence-electron chi connectivity index (χ4n) is 2.64. The van der Waals surface area contributed by atoms with Crippen LogP contribution in [0.1, 0.15) is 18.6 Å². The van der Waals surface area contributed by atoms with Gasteiger partial charge >= 0.3 is 11.8 Å². The fourth-order valence-corrected chi connectivity index (χ4v) is 2.64. The highest BCUT2D eigenvalue weighted by Crippen LogP contribution is 2.31. The van der Waals surface area contributed by atoms with Gasteiger partial charge in [0.25, 0.3) is 0 Å². The molecule has 0 aromatic carbocycles. The van der Waals surface area contributed by atoms with Crippen molar-refractivity contribution in [2.75, 3.05) is 26.3 Å². The van der Waals surface area contributed by atoms with Crippen molar-refractivity contribution in [3.8, 4) is 0 Å². The molecule has 21 heavy (non-hydrogen) atoms. The van der Waals surface area contributed by atoms with E-state index >= 15 is 0 Å². The average Bonchev–Trinajstić information content (AvgIpc) is 3.17. The quantitative estimate of drug-likeness (QED) is 0.791. The Morgan fingerprint density at radius 3 is 2.57 bits per heavy atom. The highest BCUT2D eigenvalue weighted by molar-refractivity contribution is 6.34. The molecule has 1 aromatic heterocycles. The summed E-state index contributed by atoms with van der Waals surface area (Å²) >= 11 is 0. The zero-order valence-corrected chi connectivity index (χ0v) is 11.7. The maximum atomic E-state index is 12.1. The molecule has 0 unspecified atom stereocenters. The van der Waals surface area contributed by atoms with Gasteiger partial charge in [0.1, 0.15) is 5.76 Å². The van der Waals surface area contributed by atoms with Gasteiger partial charge in [-0.15, -0.1) is 0 Å². The van der Waals surface area contributed by atoms with E-state index in [1.807, 2.05) is 0 Å². The first kappa shape index (κ1) is 14.1. The largest absolute Gasteiger partial charge is 0.467 e. The van der Waals surface area contributed by atoms with Crippen molar-refractivity contribution in [3.05, 3.63) is 24.2 Å². The predicted molar refractivity (Wildman–Crippen MR) is 71.0 cm³/mol. The average molecular weight is 294 g/mol. The molecule has 2 aliphatic heterocycles. The van der Waals surface area contributed by atoms with Gasteiger partial charge < -0.3 is 24.1 Å². The number of piperidine rings is 1. The first-order chi connectivity index (χ1) is 10.2. The van der Waals surface area contributed by atoms with Crippen LogP contribution in [-0.2, 0) is 25.6 Å². The number of hydrogen-bond acceptors (Lipinski definition) is 5. The molecule has 1 aromatic rings. The number of hydrogen-bond donors (Lipinski definition) is 1. The molecular formula is C14H18N2O5. The van der Waals surface area contributed by atoms with E-state index in [-0.39, 0.29) is 6.54 Å². The van der Waals surface area contributed by atoms with Crippen molar-refractivity contribution >= 4 is 11.8 Å². The van der Waals surface area contributed by atoms with Crippen LogP contribution >= 0.6 is 0 Å². The normalized spacial score (nSPS) is 20.7. The molecule has 114 valence electrons. The highest BCUT2D eigenvalue weighted by Gasteiger charge is 2.41. The van der Waals surface area contributed by atoms with Gasteiger partial charge in [0.2, 0.25) is 0 Å². The molecule has 2 aliphatic rings. The Morgan fingerprint density at radius 2 is 1.95 bits per heavy atom. The Balaban J connectivity index is 1.48. The van der Waals surface area contributed by atoms with Gasteiger partial charge in [0.15, 0.2) is 5.79 Å². The van der Waals surface area contributed by atoms with Crippen LogP contribution in [0.4, 0.5) is 0 Å². The zero-order valence-electron chi connectivity index (χ0n) is 11.7. The Kier molecular flexibility index (Phi) is 3.94. The Morgan fingerprint density at radius 1 is 1.24 bits per heavy atom. The van der Waals surface area contributed by atoms with Crippen molar-refractivity contribution in [1.82, 2.24) is 10.2 Å². The first-order valence-corrected chi connectivity index (χ1v) is 7.06. The molecule has 0 aliphatic carbocycles. The summed E-state index contributed by atoms with van der Waals surface area (Å²) in [5.74, 6) is -1.06. The monoisotopic (exact) mass is 294 g/mol. The third-order valence-corrected chi connectivity index (χ3v) is 3.82. The number of nitrogens with one attached hydrogen (secondary N) is 1. The van der Waals surface area contributed by atoms with Crippen LogP contribution in [0, 0.1) is 0 Å². The Labute approximate surface area is 122 Å². The molecule has 1 N–H and O–H groups in total. The number of furan rings is 1. The number of ether oxygens (including phenoxy) is 2. The zero-order chi connectivity index (χ0) is 14.7. The number of amides is 2. The summed E-state index contributed by atoms with van der Waals surface area (Å²) in [7, 11) is 0. The van der Waals surface area contributed by atoms with E-state index in [0.717, 1.165) is 0 Å². The van der Waals surface area contributed by atoms with Crippen molar-refractivity contribution < 1.29 is 23.5 Å². The molecule has 0 radical (unpaired) electrons. The molecule has 7 heteroatoms. The molecule has 1 spiro atoms. The summed E-state index contributed by atoms with van der Waals surface area (Å²) in [5.41, 5.74) is 0. The van der Waals surface area contributed by atoms with Crippen LogP contribution in [0.15, 0.2) is 22.8 Å². The summed E-state index contributed by atoms with van der Waals surface area (Å²) in [4.78, 5) is 25.4. The lowest BCUT2D eigenvalue weighted by atomic mass is 10.0. The SMILES string of the molecule is O=C(NCc1ccco1)C(=O)N1CCC2(CC1)OCCO2. The highest BCUT2D eigenvalue weighted by atomic mass is 16.7. The van der Waals surface area contributed by atoms with Gasteiger partial charge in [-0.05, 0) is 12.1 Å². The Hall–Kier alpha value is -1.86. The van der Waals surface area contributed by atoms with E-state index in [9.17, 15) is 9.59 Å². The summed E-state index contributed by atoms with van der Waals surface area (Å²) < 4.78 is 16.3. The smallest absolute Gasteiger partial charge is 0.311 e. The predicted octanol–water partition coefficient (Wildman–Crippen LogP) is 0.261. The number of likely N-dealkylation sites (tertiary alicyclic amines) is 1. The number of carbonyl (C=O) groups is 2. The lowest BCUT2D eigenvalue weighted by Crippen LogP contribution is -2.51. The minimum atomic E-state index is -0.615. The molecule has 2 fully saturated rings. The van der Waals surface area contributed by atoms with Crippen molar-refractivity contribution in [1.29, 1.82) is 0 Å². The van der Waals surface area contributed by atoms with E-state index in [1.54, 1.807) is 12.1 Å². The van der Waals surface area contributed by atoms with Crippen LogP contribution < -0.4 is 5.32 Å². The van der Waals surface area contributed by atoms with E-state index in [4.69, 9.17) is 13.9 Å².